The number of esters is 1. The van der Waals surface area contributed by atoms with Crippen LogP contribution in [0.3, 0.4) is 0 Å². The largest absolute Gasteiger partial charge is 0.477 e. The van der Waals surface area contributed by atoms with Gasteiger partial charge in [0.05, 0.1) is 0 Å². The molecule has 3 rings (SSSR count). The SMILES string of the molecule is CC(=O)CON=C(C(=O)NC1C(=O)N2C(C(=O)O)=C(COC(C)=O)CS[C@H]12)c1csc(N)n1. The van der Waals surface area contributed by atoms with Gasteiger partial charge in [0.25, 0.3) is 11.8 Å². The molecule has 33 heavy (non-hydrogen) atoms. The maximum absolute atomic E-state index is 12.9. The molecule has 0 radical (unpaired) electrons. The number of aromatic nitrogens is 1. The molecule has 0 aliphatic carbocycles. The van der Waals surface area contributed by atoms with Crippen molar-refractivity contribution in [3.63, 3.8) is 0 Å². The van der Waals surface area contributed by atoms with Crippen molar-refractivity contribution >= 4 is 63.5 Å². The van der Waals surface area contributed by atoms with Crippen LogP contribution in [0.2, 0.25) is 0 Å². The smallest absolute Gasteiger partial charge is 0.352 e. The molecule has 1 fully saturated rings. The van der Waals surface area contributed by atoms with Crippen molar-refractivity contribution in [3.8, 4) is 0 Å². The number of Topliss-reactive ketones (excluding diaryl/α,β-unsaturated/α-hetero) is 1. The molecule has 176 valence electrons. The Hall–Kier alpha value is -3.46. The molecule has 4 N–H and O–H groups in total. The number of carboxylic acids is 1. The number of nitrogens with two attached hydrogens (primary N) is 1. The molecular weight excluding hydrogens is 478 g/mol. The maximum Gasteiger partial charge on any atom is 0.352 e. The summed E-state index contributed by atoms with van der Waals surface area (Å²) in [6.07, 6.45) is 0. The summed E-state index contributed by atoms with van der Waals surface area (Å²) in [5.74, 6) is -3.54. The number of oxime groups is 1. The molecule has 0 saturated carbocycles. The van der Waals surface area contributed by atoms with Crippen molar-refractivity contribution in [1.82, 2.24) is 15.2 Å². The number of amides is 2. The number of thiazole rings is 1. The van der Waals surface area contributed by atoms with Crippen LogP contribution in [0, 0.1) is 0 Å². The second kappa shape index (κ2) is 9.99. The van der Waals surface area contributed by atoms with Crippen LogP contribution in [0.15, 0.2) is 21.8 Å². The van der Waals surface area contributed by atoms with Crippen LogP contribution in [0.1, 0.15) is 19.5 Å². The van der Waals surface area contributed by atoms with Crippen molar-refractivity contribution in [1.29, 1.82) is 0 Å². The lowest BCUT2D eigenvalue weighted by Gasteiger charge is -2.49. The van der Waals surface area contributed by atoms with Gasteiger partial charge in [-0.05, 0) is 6.92 Å². The predicted octanol–water partition coefficient (Wildman–Crippen LogP) is -0.663. The van der Waals surface area contributed by atoms with Crippen molar-refractivity contribution in [2.45, 2.75) is 25.3 Å². The minimum absolute atomic E-state index is 0.0910. The number of β-lactam (4-membered cyclic amide) rings is 1. The summed E-state index contributed by atoms with van der Waals surface area (Å²) in [7, 11) is 0. The number of rotatable bonds is 9. The third-order valence-electron chi connectivity index (χ3n) is 4.39. The highest BCUT2D eigenvalue weighted by Crippen LogP contribution is 2.40. The van der Waals surface area contributed by atoms with Crippen LogP contribution in [-0.2, 0) is 33.5 Å². The third kappa shape index (κ3) is 5.31. The van der Waals surface area contributed by atoms with E-state index in [2.05, 4.69) is 15.5 Å². The van der Waals surface area contributed by atoms with E-state index in [1.165, 1.54) is 31.0 Å². The number of hydrogen-bond donors (Lipinski definition) is 3. The molecule has 15 heteroatoms. The Balaban J connectivity index is 1.78. The normalized spacial score (nSPS) is 20.0. The number of thioether (sulfide) groups is 1. The molecule has 2 atom stereocenters. The fraction of sp³-hybridized carbons (Fsp3) is 0.389. The average molecular weight is 498 g/mol. The van der Waals surface area contributed by atoms with E-state index in [1.54, 1.807) is 0 Å². The number of hydrogen-bond acceptors (Lipinski definition) is 12. The van der Waals surface area contributed by atoms with E-state index in [4.69, 9.17) is 15.3 Å². The maximum atomic E-state index is 12.9. The molecule has 2 amide bonds. The van der Waals surface area contributed by atoms with Crippen LogP contribution in [0.4, 0.5) is 5.13 Å². The minimum Gasteiger partial charge on any atom is -0.477 e. The van der Waals surface area contributed by atoms with E-state index >= 15 is 0 Å². The van der Waals surface area contributed by atoms with Gasteiger partial charge in [-0.3, -0.25) is 24.1 Å². The molecule has 2 aliphatic rings. The van der Waals surface area contributed by atoms with E-state index < -0.39 is 35.2 Å². The zero-order chi connectivity index (χ0) is 24.3. The quantitative estimate of drug-likeness (QED) is 0.170. The second-order valence-corrected chi connectivity index (χ2v) is 8.88. The number of carbonyl (C=O) groups is 5. The lowest BCUT2D eigenvalue weighted by atomic mass is 10.0. The first-order valence-electron chi connectivity index (χ1n) is 9.35. The Morgan fingerprint density at radius 2 is 2.09 bits per heavy atom. The molecule has 0 aromatic carbocycles. The van der Waals surface area contributed by atoms with Crippen LogP contribution < -0.4 is 11.1 Å². The van der Waals surface area contributed by atoms with Gasteiger partial charge in [-0.15, -0.1) is 23.1 Å². The van der Waals surface area contributed by atoms with Gasteiger partial charge in [-0.25, -0.2) is 9.78 Å². The highest BCUT2D eigenvalue weighted by Gasteiger charge is 2.54. The molecule has 1 saturated heterocycles. The monoisotopic (exact) mass is 497 g/mol. The van der Waals surface area contributed by atoms with Crippen molar-refractivity contribution in [2.75, 3.05) is 24.7 Å². The Morgan fingerprint density at radius 1 is 1.36 bits per heavy atom. The fourth-order valence-electron chi connectivity index (χ4n) is 2.98. The van der Waals surface area contributed by atoms with Crippen molar-refractivity contribution in [3.05, 3.63) is 22.3 Å². The van der Waals surface area contributed by atoms with Gasteiger partial charge >= 0.3 is 11.9 Å². The van der Waals surface area contributed by atoms with Gasteiger partial charge in [0, 0.05) is 23.6 Å². The number of anilines is 1. The number of nitrogens with zero attached hydrogens (tertiary/aromatic N) is 3. The lowest BCUT2D eigenvalue weighted by Crippen LogP contribution is -2.71. The van der Waals surface area contributed by atoms with Gasteiger partial charge in [-0.2, -0.15) is 0 Å². The summed E-state index contributed by atoms with van der Waals surface area (Å²) in [5.41, 5.74) is 5.41. The van der Waals surface area contributed by atoms with Crippen LogP contribution in [0.25, 0.3) is 0 Å². The second-order valence-electron chi connectivity index (χ2n) is 6.88. The standard InChI is InChI=1S/C18H19N5O8S2/c1-7(24)3-31-22-11(10-6-33-18(19)20-10)14(26)21-12-15(27)23-13(17(28)29)9(4-30-8(2)25)5-32-16(12)23/h6,12,16H,3-5H2,1-2H3,(H2,19,20)(H,21,26)(H,28,29)/t12?,16-/m1/s1. The third-order valence-corrected chi connectivity index (χ3v) is 6.40. The summed E-state index contributed by atoms with van der Waals surface area (Å²) >= 11 is 2.26. The Bertz CT molecular complexity index is 1080. The van der Waals surface area contributed by atoms with E-state index in [-0.39, 0.29) is 52.6 Å². The predicted molar refractivity (Wildman–Crippen MR) is 116 cm³/mol. The van der Waals surface area contributed by atoms with Gasteiger partial charge in [0.2, 0.25) is 0 Å². The summed E-state index contributed by atoms with van der Waals surface area (Å²) in [4.78, 5) is 69.5. The number of aliphatic carboxylic acids is 1. The molecular formula is C18H19N5O8S2. The number of nitrogens with one attached hydrogen (secondary N) is 1. The molecule has 13 nitrogen and oxygen atoms in total. The van der Waals surface area contributed by atoms with E-state index in [0.717, 1.165) is 16.2 Å². The fourth-order valence-corrected chi connectivity index (χ4v) is 4.86. The highest BCUT2D eigenvalue weighted by atomic mass is 32.2. The topological polar surface area (TPSA) is 191 Å². The number of carbonyl (C=O) groups excluding carboxylic acids is 4. The average Bonchev–Trinajstić information content (AvgIpc) is 3.17. The van der Waals surface area contributed by atoms with Crippen LogP contribution in [0.5, 0.6) is 0 Å². The lowest BCUT2D eigenvalue weighted by molar-refractivity contribution is -0.150. The first-order valence-corrected chi connectivity index (χ1v) is 11.3. The zero-order valence-corrected chi connectivity index (χ0v) is 19.0. The molecule has 0 bridgehead atoms. The summed E-state index contributed by atoms with van der Waals surface area (Å²) < 4.78 is 4.88. The number of fused-ring (bicyclic) bond motifs is 1. The Kier molecular flexibility index (Phi) is 7.33. The molecule has 2 aliphatic heterocycles. The number of nitrogen functional groups attached to an aromatic ring is 1. The number of carboxylic acid groups (broad SMARTS) is 1. The molecule has 0 spiro atoms. The number of ketones is 1. The molecule has 1 unspecified atom stereocenters. The van der Waals surface area contributed by atoms with Gasteiger partial charge < -0.3 is 25.7 Å². The molecule has 1 aromatic rings. The van der Waals surface area contributed by atoms with Gasteiger partial charge in [-0.1, -0.05) is 5.16 Å². The van der Waals surface area contributed by atoms with E-state index in [0.29, 0.717) is 0 Å². The minimum atomic E-state index is -1.35. The first-order chi connectivity index (χ1) is 15.6. The number of ether oxygens (including phenoxy) is 1. The summed E-state index contributed by atoms with van der Waals surface area (Å²) in [5, 5.41) is 16.7. The van der Waals surface area contributed by atoms with E-state index in [1.807, 2.05) is 0 Å². The van der Waals surface area contributed by atoms with Crippen LogP contribution in [-0.4, -0.2) is 80.6 Å². The van der Waals surface area contributed by atoms with Gasteiger partial charge in [0.15, 0.2) is 23.2 Å². The Labute approximate surface area is 195 Å². The Morgan fingerprint density at radius 3 is 2.67 bits per heavy atom. The molecule has 3 heterocycles. The first kappa shape index (κ1) is 24.2. The summed E-state index contributed by atoms with van der Waals surface area (Å²) in [6.45, 7) is 1.84. The van der Waals surface area contributed by atoms with Crippen molar-refractivity contribution in [2.24, 2.45) is 5.16 Å². The highest BCUT2D eigenvalue weighted by molar-refractivity contribution is 8.00. The van der Waals surface area contributed by atoms with E-state index in [9.17, 15) is 29.1 Å². The molecule has 1 aromatic heterocycles. The summed E-state index contributed by atoms with van der Waals surface area (Å²) in [6, 6.07) is -1.04. The van der Waals surface area contributed by atoms with Crippen molar-refractivity contribution < 1.29 is 38.7 Å². The zero-order valence-electron chi connectivity index (χ0n) is 17.4. The van der Waals surface area contributed by atoms with Crippen LogP contribution >= 0.6 is 23.1 Å². The van der Waals surface area contributed by atoms with Gasteiger partial charge in [0.1, 0.15) is 29.4 Å².